The Kier molecular flexibility index (Phi) is 5.20. The molecule has 12 heteroatoms. The molecule has 33 heavy (non-hydrogen) atoms. The molecule has 1 aliphatic rings. The number of pyridine rings is 1. The van der Waals surface area contributed by atoms with Crippen molar-refractivity contribution in [3.8, 4) is 21.7 Å². The summed E-state index contributed by atoms with van der Waals surface area (Å²) in [7, 11) is -2.31. The molecule has 4 aromatic rings. The standard InChI is InChI=1S/C21H17ClFN5O2S3/c1-21(9-33(29,30)28(2)20(24)27-21)19-16(22)13-5-6-26-17(18(13)32-19)12-4-3-11(7-14(12)23)15-8-25-10-31-15/h3-8,10H,9H2,1-2H3,(H2,24,27). The number of hydrogen-bond acceptors (Lipinski definition) is 8. The largest absolute Gasteiger partial charge is 0.369 e. The highest BCUT2D eigenvalue weighted by molar-refractivity contribution is 7.89. The molecule has 0 saturated carbocycles. The topological polar surface area (TPSA) is 102 Å². The molecule has 3 aromatic heterocycles. The van der Waals surface area contributed by atoms with Crippen molar-refractivity contribution in [2.75, 3.05) is 12.8 Å². The molecule has 5 rings (SSSR count). The Balaban J connectivity index is 1.67. The molecule has 0 aliphatic carbocycles. The van der Waals surface area contributed by atoms with Gasteiger partial charge in [-0.15, -0.1) is 22.7 Å². The van der Waals surface area contributed by atoms with Gasteiger partial charge in [0.2, 0.25) is 16.0 Å². The van der Waals surface area contributed by atoms with Gasteiger partial charge in [0, 0.05) is 30.4 Å². The zero-order valence-electron chi connectivity index (χ0n) is 17.4. The van der Waals surface area contributed by atoms with Crippen LogP contribution in [-0.4, -0.2) is 41.5 Å². The molecule has 0 radical (unpaired) electrons. The van der Waals surface area contributed by atoms with Gasteiger partial charge in [-0.1, -0.05) is 17.7 Å². The fourth-order valence-electron chi connectivity index (χ4n) is 3.82. The summed E-state index contributed by atoms with van der Waals surface area (Å²) in [5.74, 6) is -0.827. The number of aliphatic imine (C=N–C) groups is 1. The minimum Gasteiger partial charge on any atom is -0.369 e. The van der Waals surface area contributed by atoms with Gasteiger partial charge in [0.1, 0.15) is 11.4 Å². The van der Waals surface area contributed by atoms with Gasteiger partial charge in [-0.2, -0.15) is 0 Å². The van der Waals surface area contributed by atoms with E-state index in [1.165, 1.54) is 35.8 Å². The summed E-state index contributed by atoms with van der Waals surface area (Å²) in [6.45, 7) is 1.68. The molecular weight excluding hydrogens is 505 g/mol. The van der Waals surface area contributed by atoms with E-state index >= 15 is 4.39 Å². The predicted octanol–water partition coefficient (Wildman–Crippen LogP) is 4.68. The lowest BCUT2D eigenvalue weighted by Gasteiger charge is -2.33. The van der Waals surface area contributed by atoms with Crippen LogP contribution in [0.25, 0.3) is 31.8 Å². The normalized spacial score (nSPS) is 20.2. The maximum Gasteiger partial charge on any atom is 0.239 e. The van der Waals surface area contributed by atoms with E-state index in [1.807, 2.05) is 6.07 Å². The summed E-state index contributed by atoms with van der Waals surface area (Å²) in [6, 6.07) is 6.68. The van der Waals surface area contributed by atoms with Gasteiger partial charge in [-0.05, 0) is 30.7 Å². The lowest BCUT2D eigenvalue weighted by Crippen LogP contribution is -2.50. The second kappa shape index (κ2) is 7.73. The van der Waals surface area contributed by atoms with E-state index in [-0.39, 0.29) is 11.7 Å². The van der Waals surface area contributed by atoms with Crippen molar-refractivity contribution >= 4 is 60.3 Å². The van der Waals surface area contributed by atoms with Crippen molar-refractivity contribution in [1.29, 1.82) is 0 Å². The van der Waals surface area contributed by atoms with Gasteiger partial charge < -0.3 is 5.73 Å². The monoisotopic (exact) mass is 521 g/mol. The van der Waals surface area contributed by atoms with E-state index < -0.39 is 21.4 Å². The molecule has 0 amide bonds. The summed E-state index contributed by atoms with van der Waals surface area (Å²) in [4.78, 5) is 14.3. The third kappa shape index (κ3) is 3.59. The highest BCUT2D eigenvalue weighted by atomic mass is 35.5. The number of halogens is 2. The van der Waals surface area contributed by atoms with Crippen molar-refractivity contribution in [2.24, 2.45) is 10.7 Å². The van der Waals surface area contributed by atoms with Gasteiger partial charge in [0.15, 0.2) is 0 Å². The van der Waals surface area contributed by atoms with Gasteiger partial charge in [-0.25, -0.2) is 22.1 Å². The predicted molar refractivity (Wildman–Crippen MR) is 132 cm³/mol. The quantitative estimate of drug-likeness (QED) is 0.421. The zero-order chi connectivity index (χ0) is 23.5. The third-order valence-corrected chi connectivity index (χ3v) is 10.3. The molecule has 0 spiro atoms. The number of benzene rings is 1. The molecule has 1 unspecified atom stereocenters. The second-order valence-electron chi connectivity index (χ2n) is 7.81. The number of hydrogen-bond donors (Lipinski definition) is 1. The van der Waals surface area contributed by atoms with E-state index in [2.05, 4.69) is 15.0 Å². The number of nitrogens with zero attached hydrogens (tertiary/aromatic N) is 4. The Morgan fingerprint density at radius 3 is 2.76 bits per heavy atom. The Bertz CT molecular complexity index is 1540. The van der Waals surface area contributed by atoms with Crippen LogP contribution in [0.15, 0.2) is 47.2 Å². The highest BCUT2D eigenvalue weighted by Crippen LogP contribution is 2.47. The summed E-state index contributed by atoms with van der Waals surface area (Å²) in [6.07, 6.45) is 3.24. The first kappa shape index (κ1) is 22.2. The summed E-state index contributed by atoms with van der Waals surface area (Å²) >= 11 is 9.39. The molecule has 0 bridgehead atoms. The lowest BCUT2D eigenvalue weighted by atomic mass is 10.0. The van der Waals surface area contributed by atoms with Gasteiger partial charge >= 0.3 is 0 Å². The molecule has 4 heterocycles. The first-order valence-electron chi connectivity index (χ1n) is 9.69. The number of sulfonamides is 1. The summed E-state index contributed by atoms with van der Waals surface area (Å²) in [5, 5.41) is 1.01. The van der Waals surface area contributed by atoms with Crippen molar-refractivity contribution in [2.45, 2.75) is 12.5 Å². The highest BCUT2D eigenvalue weighted by Gasteiger charge is 2.43. The first-order chi connectivity index (χ1) is 15.6. The van der Waals surface area contributed by atoms with E-state index in [0.29, 0.717) is 31.2 Å². The zero-order valence-corrected chi connectivity index (χ0v) is 20.6. The maximum absolute atomic E-state index is 15.2. The minimum absolute atomic E-state index is 0.111. The van der Waals surface area contributed by atoms with Crippen molar-refractivity contribution < 1.29 is 12.8 Å². The Morgan fingerprint density at radius 2 is 2.09 bits per heavy atom. The molecule has 7 nitrogen and oxygen atoms in total. The SMILES string of the molecule is CN1C(N)=NC(C)(c2sc3c(-c4ccc(-c5cncs5)cc4F)nccc3c2Cl)CS1(=O)=O. The van der Waals surface area contributed by atoms with Gasteiger partial charge in [0.05, 0.1) is 36.4 Å². The average Bonchev–Trinajstić information content (AvgIpc) is 3.41. The third-order valence-electron chi connectivity index (χ3n) is 5.54. The number of guanidine groups is 1. The molecule has 170 valence electrons. The molecule has 0 fully saturated rings. The lowest BCUT2D eigenvalue weighted by molar-refractivity contribution is 0.482. The van der Waals surface area contributed by atoms with Crippen LogP contribution in [0.5, 0.6) is 0 Å². The van der Waals surface area contributed by atoms with E-state index in [9.17, 15) is 8.42 Å². The van der Waals surface area contributed by atoms with Crippen LogP contribution in [0.1, 0.15) is 11.8 Å². The van der Waals surface area contributed by atoms with Crippen LogP contribution >= 0.6 is 34.3 Å². The number of thiazole rings is 1. The number of thiophene rings is 1. The first-order valence-corrected chi connectivity index (χ1v) is 13.4. The second-order valence-corrected chi connectivity index (χ2v) is 12.1. The van der Waals surface area contributed by atoms with Crippen LogP contribution in [0.3, 0.4) is 0 Å². The molecule has 1 aliphatic heterocycles. The summed E-state index contributed by atoms with van der Waals surface area (Å²) < 4.78 is 42.1. The number of rotatable bonds is 3. The number of fused-ring (bicyclic) bond motifs is 1. The van der Waals surface area contributed by atoms with Gasteiger partial charge in [0.25, 0.3) is 0 Å². The van der Waals surface area contributed by atoms with Crippen LogP contribution < -0.4 is 5.73 Å². The van der Waals surface area contributed by atoms with Crippen molar-refractivity contribution in [3.63, 3.8) is 0 Å². The van der Waals surface area contributed by atoms with Crippen molar-refractivity contribution in [1.82, 2.24) is 14.3 Å². The fourth-order valence-corrected chi connectivity index (χ4v) is 7.78. The molecule has 2 N–H and O–H groups in total. The number of nitrogens with two attached hydrogens (primary N) is 1. The van der Waals surface area contributed by atoms with Crippen LogP contribution in [0.4, 0.5) is 4.39 Å². The van der Waals surface area contributed by atoms with Crippen LogP contribution in [0, 0.1) is 5.82 Å². The molecule has 1 aromatic carbocycles. The minimum atomic E-state index is -3.67. The molecule has 0 saturated heterocycles. The van der Waals surface area contributed by atoms with Crippen molar-refractivity contribution in [3.05, 3.63) is 57.9 Å². The average molecular weight is 522 g/mol. The van der Waals surface area contributed by atoms with Crippen LogP contribution in [-0.2, 0) is 15.6 Å². The van der Waals surface area contributed by atoms with Crippen LogP contribution in [0.2, 0.25) is 5.02 Å². The number of aromatic nitrogens is 2. The van der Waals surface area contributed by atoms with E-state index in [4.69, 9.17) is 17.3 Å². The Labute approximate surface area is 202 Å². The molecule has 1 atom stereocenters. The van der Waals surface area contributed by atoms with E-state index in [0.717, 1.165) is 14.7 Å². The van der Waals surface area contributed by atoms with Gasteiger partial charge in [-0.3, -0.25) is 9.97 Å². The molecular formula is C21H17ClFN5O2S3. The fraction of sp³-hybridized carbons (Fsp3) is 0.190. The maximum atomic E-state index is 15.2. The Hall–Kier alpha value is -2.60. The summed E-state index contributed by atoms with van der Waals surface area (Å²) in [5.41, 5.74) is 7.89. The smallest absolute Gasteiger partial charge is 0.239 e. The van der Waals surface area contributed by atoms with E-state index in [1.54, 1.807) is 37.0 Å². The Morgan fingerprint density at radius 1 is 1.30 bits per heavy atom.